The van der Waals surface area contributed by atoms with Gasteiger partial charge in [-0.25, -0.2) is 9.69 Å². The normalized spacial score (nSPS) is 16.1. The van der Waals surface area contributed by atoms with Crippen LogP contribution in [0.4, 0.5) is 10.5 Å². The van der Waals surface area contributed by atoms with Crippen molar-refractivity contribution in [2.75, 3.05) is 17.7 Å². The summed E-state index contributed by atoms with van der Waals surface area (Å²) in [6.45, 7) is 2.29. The number of benzene rings is 2. The van der Waals surface area contributed by atoms with E-state index in [-0.39, 0.29) is 30.1 Å². The molecule has 0 unspecified atom stereocenters. The van der Waals surface area contributed by atoms with Crippen LogP contribution < -0.4 is 10.2 Å². The quantitative estimate of drug-likeness (QED) is 0.351. The van der Waals surface area contributed by atoms with Crippen LogP contribution in [-0.2, 0) is 16.1 Å². The van der Waals surface area contributed by atoms with Crippen LogP contribution in [0.2, 0.25) is 0 Å². The summed E-state index contributed by atoms with van der Waals surface area (Å²) in [6, 6.07) is 13.1. The summed E-state index contributed by atoms with van der Waals surface area (Å²) >= 11 is 1.55. The number of amides is 4. The van der Waals surface area contributed by atoms with Crippen molar-refractivity contribution in [1.82, 2.24) is 10.2 Å². The van der Waals surface area contributed by atoms with E-state index in [4.69, 9.17) is 0 Å². The van der Waals surface area contributed by atoms with E-state index in [0.717, 1.165) is 16.9 Å². The molecule has 2 aromatic carbocycles. The Hall–Kier alpha value is -3.00. The second kappa shape index (κ2) is 10.3. The summed E-state index contributed by atoms with van der Waals surface area (Å²) in [6.07, 6.45) is 3.89. The molecule has 7 nitrogen and oxygen atoms in total. The van der Waals surface area contributed by atoms with Crippen LogP contribution in [0.15, 0.2) is 53.4 Å². The van der Waals surface area contributed by atoms with E-state index >= 15 is 0 Å². The first-order chi connectivity index (χ1) is 14.9. The highest BCUT2D eigenvalue weighted by Gasteiger charge is 2.45. The standard InChI is InChI=1S/C23H27N3O4S/c1-16(27)24-13-4-3-8-21-22(29)26(18-6-5-7-20(14-18)31-2)23(30)25(21)15-17-9-11-19(28)12-10-17/h5-7,9-12,14,21,28H,3-4,8,13,15H2,1-2H3,(H,24,27)/t21-/m0/s1. The number of hydrogen-bond donors (Lipinski definition) is 2. The van der Waals surface area contributed by atoms with E-state index in [1.54, 1.807) is 47.0 Å². The lowest BCUT2D eigenvalue weighted by Gasteiger charge is -2.22. The Labute approximate surface area is 186 Å². The van der Waals surface area contributed by atoms with E-state index < -0.39 is 6.04 Å². The number of aromatic hydroxyl groups is 1. The average molecular weight is 442 g/mol. The highest BCUT2D eigenvalue weighted by atomic mass is 32.2. The van der Waals surface area contributed by atoms with Crippen molar-refractivity contribution in [3.05, 3.63) is 54.1 Å². The molecule has 8 heteroatoms. The number of imide groups is 1. The first-order valence-corrected chi connectivity index (χ1v) is 11.4. The summed E-state index contributed by atoms with van der Waals surface area (Å²) < 4.78 is 0. The zero-order valence-electron chi connectivity index (χ0n) is 17.7. The molecule has 31 heavy (non-hydrogen) atoms. The molecule has 0 spiro atoms. The Morgan fingerprint density at radius 2 is 1.87 bits per heavy atom. The molecule has 1 heterocycles. The number of carbonyl (C=O) groups excluding carboxylic acids is 3. The van der Waals surface area contributed by atoms with Crippen molar-refractivity contribution in [3.8, 4) is 5.75 Å². The van der Waals surface area contributed by atoms with Crippen LogP contribution in [0.1, 0.15) is 31.7 Å². The number of phenols is 1. The number of nitrogens with one attached hydrogen (secondary N) is 1. The average Bonchev–Trinajstić information content (AvgIpc) is 2.98. The van der Waals surface area contributed by atoms with E-state index in [1.165, 1.54) is 11.8 Å². The van der Waals surface area contributed by atoms with Crippen LogP contribution in [0.5, 0.6) is 5.75 Å². The molecule has 0 saturated carbocycles. The molecule has 0 bridgehead atoms. The minimum Gasteiger partial charge on any atom is -0.508 e. The Bertz CT molecular complexity index is 948. The molecule has 2 N–H and O–H groups in total. The third-order valence-corrected chi connectivity index (χ3v) is 5.92. The van der Waals surface area contributed by atoms with Gasteiger partial charge in [0.15, 0.2) is 0 Å². The van der Waals surface area contributed by atoms with E-state index in [1.807, 2.05) is 24.5 Å². The van der Waals surface area contributed by atoms with Crippen molar-refractivity contribution in [3.63, 3.8) is 0 Å². The molecule has 1 atom stereocenters. The number of thioether (sulfide) groups is 1. The van der Waals surface area contributed by atoms with Crippen molar-refractivity contribution >= 4 is 35.3 Å². The minimum absolute atomic E-state index is 0.0825. The predicted molar refractivity (Wildman–Crippen MR) is 121 cm³/mol. The molecule has 164 valence electrons. The van der Waals surface area contributed by atoms with Gasteiger partial charge in [-0.2, -0.15) is 0 Å². The van der Waals surface area contributed by atoms with Gasteiger partial charge in [0.25, 0.3) is 5.91 Å². The Kier molecular flexibility index (Phi) is 7.57. The maximum Gasteiger partial charge on any atom is 0.332 e. The highest BCUT2D eigenvalue weighted by Crippen LogP contribution is 2.31. The summed E-state index contributed by atoms with van der Waals surface area (Å²) in [7, 11) is 0. The van der Waals surface area contributed by atoms with Crippen molar-refractivity contribution < 1.29 is 19.5 Å². The van der Waals surface area contributed by atoms with Crippen molar-refractivity contribution in [2.24, 2.45) is 0 Å². The van der Waals surface area contributed by atoms with Gasteiger partial charge in [-0.1, -0.05) is 18.2 Å². The van der Waals surface area contributed by atoms with Crippen LogP contribution in [0.25, 0.3) is 0 Å². The van der Waals surface area contributed by atoms with Crippen LogP contribution >= 0.6 is 11.8 Å². The fourth-order valence-corrected chi connectivity index (χ4v) is 4.06. The summed E-state index contributed by atoms with van der Waals surface area (Å²) in [4.78, 5) is 41.5. The first-order valence-electron chi connectivity index (χ1n) is 10.2. The van der Waals surface area contributed by atoms with Gasteiger partial charge in [0.1, 0.15) is 11.8 Å². The van der Waals surface area contributed by atoms with Crippen LogP contribution in [-0.4, -0.2) is 46.7 Å². The fourth-order valence-electron chi connectivity index (χ4n) is 3.61. The first kappa shape index (κ1) is 22.7. The van der Waals surface area contributed by atoms with E-state index in [0.29, 0.717) is 25.1 Å². The zero-order chi connectivity index (χ0) is 22.4. The second-order valence-electron chi connectivity index (χ2n) is 7.45. The number of hydrogen-bond acceptors (Lipinski definition) is 5. The molecular formula is C23H27N3O4S. The number of rotatable bonds is 9. The summed E-state index contributed by atoms with van der Waals surface area (Å²) in [5, 5.41) is 12.3. The zero-order valence-corrected chi connectivity index (χ0v) is 18.5. The molecule has 0 radical (unpaired) electrons. The Morgan fingerprint density at radius 1 is 1.13 bits per heavy atom. The molecule has 1 aliphatic rings. The number of phenolic OH excluding ortho intramolecular Hbond substituents is 1. The molecular weight excluding hydrogens is 414 g/mol. The molecule has 0 aliphatic carbocycles. The van der Waals surface area contributed by atoms with Crippen molar-refractivity contribution in [2.45, 2.75) is 43.7 Å². The smallest absolute Gasteiger partial charge is 0.332 e. The molecule has 1 aliphatic heterocycles. The van der Waals surface area contributed by atoms with Gasteiger partial charge < -0.3 is 15.3 Å². The fraction of sp³-hybridized carbons (Fsp3) is 0.348. The number of nitrogens with zero attached hydrogens (tertiary/aromatic N) is 2. The molecule has 1 fully saturated rings. The lowest BCUT2D eigenvalue weighted by Crippen LogP contribution is -2.34. The van der Waals surface area contributed by atoms with Crippen LogP contribution in [0, 0.1) is 0 Å². The Balaban J connectivity index is 1.80. The number of anilines is 1. The molecule has 1 saturated heterocycles. The van der Waals surface area contributed by atoms with E-state index in [9.17, 15) is 19.5 Å². The maximum absolute atomic E-state index is 13.3. The van der Waals surface area contributed by atoms with Gasteiger partial charge in [-0.05, 0) is 61.4 Å². The molecule has 3 rings (SSSR count). The molecule has 2 aromatic rings. The Morgan fingerprint density at radius 3 is 2.55 bits per heavy atom. The highest BCUT2D eigenvalue weighted by molar-refractivity contribution is 7.98. The number of carbonyl (C=O) groups is 3. The predicted octanol–water partition coefficient (Wildman–Crippen LogP) is 3.76. The molecule has 0 aromatic heterocycles. The van der Waals surface area contributed by atoms with Crippen LogP contribution in [0.3, 0.4) is 0 Å². The van der Waals surface area contributed by atoms with Crippen molar-refractivity contribution in [1.29, 1.82) is 0 Å². The van der Waals surface area contributed by atoms with Gasteiger partial charge >= 0.3 is 6.03 Å². The maximum atomic E-state index is 13.3. The SMILES string of the molecule is CSc1cccc(N2C(=O)[C@H](CCCCNC(C)=O)N(Cc3ccc(O)cc3)C2=O)c1. The molecule has 4 amide bonds. The monoisotopic (exact) mass is 441 g/mol. The lowest BCUT2D eigenvalue weighted by atomic mass is 10.1. The summed E-state index contributed by atoms with van der Waals surface area (Å²) in [5.41, 5.74) is 1.40. The van der Waals surface area contributed by atoms with E-state index in [2.05, 4.69) is 5.32 Å². The third-order valence-electron chi connectivity index (χ3n) is 5.20. The third kappa shape index (κ3) is 5.58. The topological polar surface area (TPSA) is 90.0 Å². The number of urea groups is 1. The summed E-state index contributed by atoms with van der Waals surface area (Å²) in [5.74, 6) is -0.167. The largest absolute Gasteiger partial charge is 0.508 e. The van der Waals surface area contributed by atoms with Gasteiger partial charge in [-0.15, -0.1) is 11.8 Å². The van der Waals surface area contributed by atoms with Gasteiger partial charge in [-0.3, -0.25) is 9.59 Å². The number of unbranched alkanes of at least 4 members (excludes halogenated alkanes) is 1. The minimum atomic E-state index is -0.573. The van der Waals surface area contributed by atoms with Gasteiger partial charge in [0.2, 0.25) is 5.91 Å². The van der Waals surface area contributed by atoms with Gasteiger partial charge in [0.05, 0.1) is 5.69 Å². The lowest BCUT2D eigenvalue weighted by molar-refractivity contribution is -0.120. The van der Waals surface area contributed by atoms with Gasteiger partial charge in [0, 0.05) is 24.9 Å². The second-order valence-corrected chi connectivity index (χ2v) is 8.33.